The zero-order chi connectivity index (χ0) is 19.7. The summed E-state index contributed by atoms with van der Waals surface area (Å²) in [7, 11) is 1.51. The number of pyridine rings is 1. The van der Waals surface area contributed by atoms with Gasteiger partial charge in [0.05, 0.1) is 30.0 Å². The first kappa shape index (κ1) is 17.7. The molecule has 7 nitrogen and oxygen atoms in total. The smallest absolute Gasteiger partial charge is 0.275 e. The second-order valence-corrected chi connectivity index (χ2v) is 6.24. The quantitative estimate of drug-likeness (QED) is 0.578. The number of aryl methyl sites for hydroxylation is 1. The van der Waals surface area contributed by atoms with E-state index in [-0.39, 0.29) is 24.4 Å². The van der Waals surface area contributed by atoms with Crippen molar-refractivity contribution in [2.24, 2.45) is 0 Å². The third kappa shape index (κ3) is 3.20. The number of benzene rings is 1. The third-order valence-corrected chi connectivity index (χ3v) is 4.49. The second-order valence-electron chi connectivity index (χ2n) is 6.24. The third-order valence-electron chi connectivity index (χ3n) is 4.49. The van der Waals surface area contributed by atoms with Crippen LogP contribution in [0.3, 0.4) is 0 Å². The minimum Gasteiger partial charge on any atom is -0.481 e. The lowest BCUT2D eigenvalue weighted by atomic mass is 10.2. The molecule has 0 aliphatic heterocycles. The number of fused-ring (bicyclic) bond motifs is 3. The summed E-state index contributed by atoms with van der Waals surface area (Å²) in [6, 6.07) is 11.0. The van der Waals surface area contributed by atoms with Crippen molar-refractivity contribution in [1.82, 2.24) is 14.0 Å². The van der Waals surface area contributed by atoms with Gasteiger partial charge < -0.3 is 19.0 Å². The van der Waals surface area contributed by atoms with Crippen LogP contribution in [0, 0.1) is 5.82 Å². The van der Waals surface area contributed by atoms with Gasteiger partial charge in [-0.1, -0.05) is 0 Å². The average Bonchev–Trinajstić information content (AvgIpc) is 3.18. The lowest BCUT2D eigenvalue weighted by Crippen LogP contribution is -2.25. The highest BCUT2D eigenvalue weighted by Crippen LogP contribution is 2.17. The topological polar surface area (TPSA) is 77.6 Å². The SMILES string of the molecule is COc1ccc(NC(=O)CCn2c(=O)c3cccn3c3ccc(F)cc32)cn1. The molecule has 1 aromatic carbocycles. The van der Waals surface area contributed by atoms with Gasteiger partial charge in [0.15, 0.2) is 0 Å². The molecule has 0 aliphatic carbocycles. The van der Waals surface area contributed by atoms with Crippen LogP contribution in [-0.2, 0) is 11.3 Å². The number of halogens is 1. The molecule has 3 heterocycles. The van der Waals surface area contributed by atoms with Crippen molar-refractivity contribution in [2.45, 2.75) is 13.0 Å². The van der Waals surface area contributed by atoms with Crippen LogP contribution >= 0.6 is 0 Å². The molecule has 0 radical (unpaired) electrons. The van der Waals surface area contributed by atoms with Crippen LogP contribution in [0.5, 0.6) is 5.88 Å². The van der Waals surface area contributed by atoms with Crippen molar-refractivity contribution in [2.75, 3.05) is 12.4 Å². The lowest BCUT2D eigenvalue weighted by molar-refractivity contribution is -0.116. The van der Waals surface area contributed by atoms with Gasteiger partial charge in [0, 0.05) is 25.2 Å². The normalized spacial score (nSPS) is 11.1. The van der Waals surface area contributed by atoms with E-state index < -0.39 is 5.82 Å². The number of carbonyl (C=O) groups excluding carboxylic acids is 1. The number of hydrogen-bond donors (Lipinski definition) is 1. The second kappa shape index (κ2) is 7.15. The van der Waals surface area contributed by atoms with Gasteiger partial charge in [-0.15, -0.1) is 0 Å². The van der Waals surface area contributed by atoms with Crippen LogP contribution in [0.15, 0.2) is 59.7 Å². The first-order chi connectivity index (χ1) is 13.6. The molecule has 0 bridgehead atoms. The van der Waals surface area contributed by atoms with Crippen molar-refractivity contribution in [1.29, 1.82) is 0 Å². The van der Waals surface area contributed by atoms with Crippen molar-refractivity contribution in [3.05, 3.63) is 71.0 Å². The monoisotopic (exact) mass is 380 g/mol. The fraction of sp³-hybridized carbons (Fsp3) is 0.150. The minimum absolute atomic E-state index is 0.0500. The maximum absolute atomic E-state index is 13.8. The fourth-order valence-corrected chi connectivity index (χ4v) is 3.16. The standard InChI is InChI=1S/C20H17FN4O3/c1-28-19-7-5-14(12-22-19)23-18(26)8-10-25-17-11-13(21)4-6-15(17)24-9-2-3-16(24)20(25)27/h2-7,9,11-12H,8,10H2,1H3,(H,23,26). The molecule has 3 aromatic heterocycles. The molecule has 0 atom stereocenters. The number of ether oxygens (including phenoxy) is 1. The van der Waals surface area contributed by atoms with Gasteiger partial charge in [0.2, 0.25) is 11.8 Å². The number of nitrogens with one attached hydrogen (secondary N) is 1. The number of carbonyl (C=O) groups is 1. The zero-order valence-corrected chi connectivity index (χ0v) is 15.1. The Kier molecular flexibility index (Phi) is 4.52. The molecule has 0 aliphatic rings. The summed E-state index contributed by atoms with van der Waals surface area (Å²) < 4.78 is 21.9. The number of rotatable bonds is 5. The van der Waals surface area contributed by atoms with Gasteiger partial charge in [-0.05, 0) is 36.4 Å². The van der Waals surface area contributed by atoms with Crippen LogP contribution in [0.25, 0.3) is 16.6 Å². The highest BCUT2D eigenvalue weighted by molar-refractivity contribution is 5.90. The molecule has 0 saturated carbocycles. The fourth-order valence-electron chi connectivity index (χ4n) is 3.16. The molecule has 4 aromatic rings. The maximum Gasteiger partial charge on any atom is 0.275 e. The Balaban J connectivity index is 1.61. The van der Waals surface area contributed by atoms with E-state index in [1.165, 1.54) is 30.0 Å². The molecule has 1 N–H and O–H groups in total. The molecular weight excluding hydrogens is 363 g/mol. The van der Waals surface area contributed by atoms with E-state index in [2.05, 4.69) is 10.3 Å². The molecule has 28 heavy (non-hydrogen) atoms. The van der Waals surface area contributed by atoms with E-state index in [4.69, 9.17) is 4.74 Å². The Hall–Kier alpha value is -3.68. The van der Waals surface area contributed by atoms with E-state index in [9.17, 15) is 14.0 Å². The predicted molar refractivity (Wildman–Crippen MR) is 103 cm³/mol. The van der Waals surface area contributed by atoms with Crippen LogP contribution < -0.4 is 15.6 Å². The Morgan fingerprint density at radius 1 is 1.18 bits per heavy atom. The number of nitrogens with zero attached hydrogens (tertiary/aromatic N) is 3. The van der Waals surface area contributed by atoms with Gasteiger partial charge in [0.1, 0.15) is 11.3 Å². The summed E-state index contributed by atoms with van der Waals surface area (Å²) in [6.45, 7) is 0.121. The number of anilines is 1. The molecule has 1 amide bonds. The average molecular weight is 380 g/mol. The molecule has 0 unspecified atom stereocenters. The van der Waals surface area contributed by atoms with Crippen LogP contribution in [0.4, 0.5) is 10.1 Å². The Morgan fingerprint density at radius 3 is 2.79 bits per heavy atom. The van der Waals surface area contributed by atoms with Gasteiger partial charge in [-0.3, -0.25) is 9.59 Å². The summed E-state index contributed by atoms with van der Waals surface area (Å²) in [5.74, 6) is -0.280. The number of amides is 1. The Labute approximate surface area is 159 Å². The van der Waals surface area contributed by atoms with Crippen LogP contribution in [0.2, 0.25) is 0 Å². The molecule has 8 heteroatoms. The number of methoxy groups -OCH3 is 1. The highest BCUT2D eigenvalue weighted by Gasteiger charge is 2.13. The number of aromatic nitrogens is 3. The van der Waals surface area contributed by atoms with E-state index in [1.54, 1.807) is 40.9 Å². The summed E-state index contributed by atoms with van der Waals surface area (Å²) in [4.78, 5) is 29.1. The Morgan fingerprint density at radius 2 is 2.04 bits per heavy atom. The van der Waals surface area contributed by atoms with Crippen molar-refractivity contribution in [3.63, 3.8) is 0 Å². The molecule has 142 valence electrons. The Bertz CT molecular complexity index is 1230. The van der Waals surface area contributed by atoms with Gasteiger partial charge in [-0.2, -0.15) is 0 Å². The molecule has 0 fully saturated rings. The van der Waals surface area contributed by atoms with Crippen LogP contribution in [-0.4, -0.2) is 27.0 Å². The zero-order valence-electron chi connectivity index (χ0n) is 15.1. The minimum atomic E-state index is -0.444. The first-order valence-electron chi connectivity index (χ1n) is 8.66. The molecule has 0 saturated heterocycles. The van der Waals surface area contributed by atoms with Crippen molar-refractivity contribution < 1.29 is 13.9 Å². The molecule has 4 rings (SSSR count). The van der Waals surface area contributed by atoms with Gasteiger partial charge in [0.25, 0.3) is 5.56 Å². The predicted octanol–water partition coefficient (Wildman–Crippen LogP) is 2.83. The first-order valence-corrected chi connectivity index (χ1v) is 8.66. The summed E-state index contributed by atoms with van der Waals surface area (Å²) in [5, 5.41) is 2.72. The summed E-state index contributed by atoms with van der Waals surface area (Å²) in [6.07, 6.45) is 3.29. The maximum atomic E-state index is 13.8. The molecular formula is C20H17FN4O3. The highest BCUT2D eigenvalue weighted by atomic mass is 19.1. The molecule has 0 spiro atoms. The van der Waals surface area contributed by atoms with Gasteiger partial charge >= 0.3 is 0 Å². The van der Waals surface area contributed by atoms with Crippen molar-refractivity contribution >= 4 is 28.1 Å². The summed E-state index contributed by atoms with van der Waals surface area (Å²) >= 11 is 0. The largest absolute Gasteiger partial charge is 0.481 e. The van der Waals surface area contributed by atoms with Gasteiger partial charge in [-0.25, -0.2) is 9.37 Å². The van der Waals surface area contributed by atoms with Crippen LogP contribution in [0.1, 0.15) is 6.42 Å². The van der Waals surface area contributed by atoms with E-state index in [0.717, 1.165) is 0 Å². The summed E-state index contributed by atoms with van der Waals surface area (Å²) in [5.41, 5.74) is 1.85. The lowest BCUT2D eigenvalue weighted by Gasteiger charge is -2.13. The number of hydrogen-bond acceptors (Lipinski definition) is 4. The van der Waals surface area contributed by atoms with E-state index in [1.807, 2.05) is 0 Å². The van der Waals surface area contributed by atoms with E-state index in [0.29, 0.717) is 28.1 Å². The van der Waals surface area contributed by atoms with Crippen molar-refractivity contribution in [3.8, 4) is 5.88 Å². The van der Waals surface area contributed by atoms with E-state index >= 15 is 0 Å².